The summed E-state index contributed by atoms with van der Waals surface area (Å²) in [5.41, 5.74) is 2.27. The third-order valence-corrected chi connectivity index (χ3v) is 4.99. The van der Waals surface area contributed by atoms with Crippen LogP contribution in [-0.4, -0.2) is 16.7 Å². The maximum absolute atomic E-state index is 12.6. The molecule has 2 N–H and O–H groups in total. The highest BCUT2D eigenvalue weighted by Crippen LogP contribution is 2.47. The predicted molar refractivity (Wildman–Crippen MR) is 95.1 cm³/mol. The highest BCUT2D eigenvalue weighted by Gasteiger charge is 2.44. The summed E-state index contributed by atoms with van der Waals surface area (Å²) in [7, 11) is 0. The molecule has 5 rings (SSSR count). The minimum Gasteiger partial charge on any atom is -0.448 e. The third-order valence-electron chi connectivity index (χ3n) is 4.99. The SMILES string of the molecule is O=C(Nc1ccc2c(c1)OC1(CCCC1)O2)c1c[nH]c2ccccc12. The van der Waals surface area contributed by atoms with Crippen molar-refractivity contribution in [3.63, 3.8) is 0 Å². The van der Waals surface area contributed by atoms with Gasteiger partial charge in [-0.05, 0) is 31.0 Å². The molecular weight excluding hydrogens is 316 g/mol. The molecule has 2 aromatic carbocycles. The molecule has 0 saturated heterocycles. The Kier molecular flexibility index (Phi) is 3.04. The molecule has 1 aromatic heterocycles. The van der Waals surface area contributed by atoms with Crippen molar-refractivity contribution in [2.45, 2.75) is 31.5 Å². The summed E-state index contributed by atoms with van der Waals surface area (Å²) in [6.45, 7) is 0. The van der Waals surface area contributed by atoms with Gasteiger partial charge in [-0.15, -0.1) is 0 Å². The van der Waals surface area contributed by atoms with Crippen LogP contribution in [0.3, 0.4) is 0 Å². The lowest BCUT2D eigenvalue weighted by Crippen LogP contribution is -2.34. The first-order valence-corrected chi connectivity index (χ1v) is 8.62. The van der Waals surface area contributed by atoms with E-state index in [-0.39, 0.29) is 5.91 Å². The van der Waals surface area contributed by atoms with E-state index in [4.69, 9.17) is 9.47 Å². The summed E-state index contributed by atoms with van der Waals surface area (Å²) >= 11 is 0. The zero-order chi connectivity index (χ0) is 16.9. The van der Waals surface area contributed by atoms with Crippen molar-refractivity contribution >= 4 is 22.5 Å². The average molecular weight is 334 g/mol. The average Bonchev–Trinajstić information content (AvgIpc) is 3.32. The minimum atomic E-state index is -0.484. The fourth-order valence-corrected chi connectivity index (χ4v) is 3.75. The number of amides is 1. The van der Waals surface area contributed by atoms with E-state index in [1.165, 1.54) is 0 Å². The van der Waals surface area contributed by atoms with E-state index in [2.05, 4.69) is 10.3 Å². The van der Waals surface area contributed by atoms with Crippen LogP contribution in [0, 0.1) is 0 Å². The number of carbonyl (C=O) groups excluding carboxylic acids is 1. The van der Waals surface area contributed by atoms with Crippen molar-refractivity contribution in [3.8, 4) is 11.5 Å². The summed E-state index contributed by atoms with van der Waals surface area (Å²) in [6, 6.07) is 13.3. The van der Waals surface area contributed by atoms with Crippen molar-refractivity contribution in [2.75, 3.05) is 5.32 Å². The zero-order valence-electron chi connectivity index (χ0n) is 13.7. The van der Waals surface area contributed by atoms with E-state index < -0.39 is 5.79 Å². The van der Waals surface area contributed by atoms with Crippen LogP contribution in [0.4, 0.5) is 5.69 Å². The molecule has 1 aliphatic heterocycles. The standard InChI is InChI=1S/C20H18N2O3/c23-19(15-12-21-16-6-2-1-5-14(15)16)22-13-7-8-17-18(11-13)25-20(24-17)9-3-4-10-20/h1-2,5-8,11-12,21H,3-4,9-10H2,(H,22,23). The number of ether oxygens (including phenoxy) is 2. The van der Waals surface area contributed by atoms with Crippen molar-refractivity contribution in [1.29, 1.82) is 0 Å². The smallest absolute Gasteiger partial charge is 0.257 e. The second kappa shape index (κ2) is 5.28. The quantitative estimate of drug-likeness (QED) is 0.727. The first kappa shape index (κ1) is 14.4. The summed E-state index contributed by atoms with van der Waals surface area (Å²) in [5.74, 6) is 0.833. The Bertz CT molecular complexity index is 970. The van der Waals surface area contributed by atoms with Crippen LogP contribution in [0.1, 0.15) is 36.0 Å². The molecule has 1 amide bonds. The van der Waals surface area contributed by atoms with Gasteiger partial charge in [0.2, 0.25) is 0 Å². The van der Waals surface area contributed by atoms with E-state index in [0.29, 0.717) is 17.0 Å². The molecule has 0 unspecified atom stereocenters. The second-order valence-corrected chi connectivity index (χ2v) is 6.69. The van der Waals surface area contributed by atoms with E-state index >= 15 is 0 Å². The molecule has 2 heterocycles. The molecule has 25 heavy (non-hydrogen) atoms. The summed E-state index contributed by atoms with van der Waals surface area (Å²) < 4.78 is 12.1. The lowest BCUT2D eigenvalue weighted by Gasteiger charge is -2.21. The lowest BCUT2D eigenvalue weighted by molar-refractivity contribution is -0.0716. The van der Waals surface area contributed by atoms with Gasteiger partial charge < -0.3 is 19.8 Å². The van der Waals surface area contributed by atoms with Crippen molar-refractivity contribution in [3.05, 3.63) is 54.2 Å². The largest absolute Gasteiger partial charge is 0.448 e. The molecule has 1 saturated carbocycles. The highest BCUT2D eigenvalue weighted by molar-refractivity contribution is 6.12. The molecular formula is C20H18N2O3. The highest BCUT2D eigenvalue weighted by atomic mass is 16.7. The van der Waals surface area contributed by atoms with Gasteiger partial charge in [-0.1, -0.05) is 18.2 Å². The molecule has 5 heteroatoms. The van der Waals surface area contributed by atoms with Gasteiger partial charge in [-0.3, -0.25) is 4.79 Å². The number of hydrogen-bond acceptors (Lipinski definition) is 3. The number of aromatic nitrogens is 1. The molecule has 5 nitrogen and oxygen atoms in total. The van der Waals surface area contributed by atoms with Crippen molar-refractivity contribution in [1.82, 2.24) is 4.98 Å². The van der Waals surface area contributed by atoms with Gasteiger partial charge in [-0.25, -0.2) is 0 Å². The number of hydrogen-bond donors (Lipinski definition) is 2. The molecule has 0 atom stereocenters. The number of anilines is 1. The lowest BCUT2D eigenvalue weighted by atomic mass is 10.1. The van der Waals surface area contributed by atoms with E-state index in [1.54, 1.807) is 6.20 Å². The van der Waals surface area contributed by atoms with Crippen LogP contribution in [0.15, 0.2) is 48.7 Å². The van der Waals surface area contributed by atoms with Gasteiger partial charge in [0.1, 0.15) is 0 Å². The van der Waals surface area contributed by atoms with Crippen LogP contribution in [0.25, 0.3) is 10.9 Å². The zero-order valence-corrected chi connectivity index (χ0v) is 13.7. The van der Waals surface area contributed by atoms with E-state index in [9.17, 15) is 4.79 Å². The van der Waals surface area contributed by atoms with Crippen molar-refractivity contribution in [2.24, 2.45) is 0 Å². The third kappa shape index (κ3) is 2.35. The summed E-state index contributed by atoms with van der Waals surface area (Å²) in [6.07, 6.45) is 5.81. The van der Waals surface area contributed by atoms with Crippen LogP contribution in [-0.2, 0) is 0 Å². The van der Waals surface area contributed by atoms with Gasteiger partial charge in [0.05, 0.1) is 5.56 Å². The second-order valence-electron chi connectivity index (χ2n) is 6.69. The molecule has 1 fully saturated rings. The molecule has 3 aromatic rings. The fraction of sp³-hybridized carbons (Fsp3) is 0.250. The van der Waals surface area contributed by atoms with Gasteiger partial charge in [0.15, 0.2) is 11.5 Å². The predicted octanol–water partition coefficient (Wildman–Crippen LogP) is 4.46. The molecule has 1 spiro atoms. The van der Waals surface area contributed by atoms with Crippen LogP contribution in [0.2, 0.25) is 0 Å². The fourth-order valence-electron chi connectivity index (χ4n) is 3.75. The van der Waals surface area contributed by atoms with Crippen molar-refractivity contribution < 1.29 is 14.3 Å². The topological polar surface area (TPSA) is 63.4 Å². The normalized spacial score (nSPS) is 17.3. The maximum atomic E-state index is 12.6. The number of nitrogens with one attached hydrogen (secondary N) is 2. The Morgan fingerprint density at radius 3 is 2.72 bits per heavy atom. The number of fused-ring (bicyclic) bond motifs is 2. The Labute approximate surface area is 144 Å². The van der Waals surface area contributed by atoms with E-state index in [0.717, 1.165) is 42.3 Å². The van der Waals surface area contributed by atoms with Gasteiger partial charge in [-0.2, -0.15) is 0 Å². The van der Waals surface area contributed by atoms with Gasteiger partial charge in [0.25, 0.3) is 11.7 Å². The molecule has 0 bridgehead atoms. The van der Waals surface area contributed by atoms with Gasteiger partial charge >= 0.3 is 0 Å². The number of benzene rings is 2. The summed E-state index contributed by atoms with van der Waals surface area (Å²) in [5, 5.41) is 3.86. The summed E-state index contributed by atoms with van der Waals surface area (Å²) in [4.78, 5) is 15.8. The molecule has 2 aliphatic rings. The number of para-hydroxylation sites is 1. The number of rotatable bonds is 2. The Hall–Kier alpha value is -2.95. The number of aromatic amines is 1. The van der Waals surface area contributed by atoms with Crippen LogP contribution >= 0.6 is 0 Å². The monoisotopic (exact) mass is 334 g/mol. The number of carbonyl (C=O) groups is 1. The van der Waals surface area contributed by atoms with E-state index in [1.807, 2.05) is 42.5 Å². The molecule has 1 aliphatic carbocycles. The number of H-pyrrole nitrogens is 1. The van der Waals surface area contributed by atoms with Gasteiger partial charge in [0, 0.05) is 41.7 Å². The van der Waals surface area contributed by atoms with Crippen LogP contribution < -0.4 is 14.8 Å². The Morgan fingerprint density at radius 1 is 1.04 bits per heavy atom. The van der Waals surface area contributed by atoms with Crippen LogP contribution in [0.5, 0.6) is 11.5 Å². The molecule has 126 valence electrons. The first-order valence-electron chi connectivity index (χ1n) is 8.62. The maximum Gasteiger partial charge on any atom is 0.257 e. The Morgan fingerprint density at radius 2 is 1.84 bits per heavy atom. The Balaban J connectivity index is 1.39. The molecule has 0 radical (unpaired) electrons. The first-order chi connectivity index (χ1) is 12.2. The minimum absolute atomic E-state index is 0.146.